The van der Waals surface area contributed by atoms with E-state index in [4.69, 9.17) is 9.47 Å². The Balaban J connectivity index is 1.37. The number of carbonyl (C=O) groups excluding carboxylic acids is 1. The van der Waals surface area contributed by atoms with Crippen molar-refractivity contribution in [1.29, 1.82) is 0 Å². The molecule has 0 atom stereocenters. The minimum atomic E-state index is -0.153. The van der Waals surface area contributed by atoms with Crippen LogP contribution in [0.2, 0.25) is 0 Å². The molecule has 0 radical (unpaired) electrons. The summed E-state index contributed by atoms with van der Waals surface area (Å²) >= 11 is 0. The molecule has 4 rings (SSSR count). The number of hydrogen-bond donors (Lipinski definition) is 2. The molecule has 1 aliphatic heterocycles. The van der Waals surface area contributed by atoms with E-state index in [1.54, 1.807) is 12.1 Å². The first-order valence-electron chi connectivity index (χ1n) is 9.59. The van der Waals surface area contributed by atoms with E-state index in [9.17, 15) is 4.79 Å². The number of aromatic nitrogens is 2. The zero-order chi connectivity index (χ0) is 18.5. The molecule has 1 saturated carbocycles. The normalized spacial score (nSPS) is 17.0. The van der Waals surface area contributed by atoms with Crippen molar-refractivity contribution in [1.82, 2.24) is 15.5 Å². The number of amides is 1. The third-order valence-electron chi connectivity index (χ3n) is 4.90. The molecule has 0 saturated heterocycles. The van der Waals surface area contributed by atoms with Gasteiger partial charge in [-0.05, 0) is 37.1 Å². The first kappa shape index (κ1) is 17.6. The van der Waals surface area contributed by atoms with Crippen LogP contribution in [0.5, 0.6) is 11.5 Å². The molecule has 2 N–H and O–H groups in total. The average Bonchev–Trinajstić information content (AvgIpc) is 2.97. The SMILES string of the molecule is O=C(NC1CCCCCC1)c1ccc(Nc2ccc3c(c2)OCCO3)nn1. The highest BCUT2D eigenvalue weighted by Crippen LogP contribution is 2.33. The number of nitrogens with zero attached hydrogens (tertiary/aromatic N) is 2. The number of hydrogen-bond acceptors (Lipinski definition) is 6. The van der Waals surface area contributed by atoms with Crippen LogP contribution >= 0.6 is 0 Å². The first-order valence-corrected chi connectivity index (χ1v) is 9.59. The van der Waals surface area contributed by atoms with Crippen molar-refractivity contribution >= 4 is 17.4 Å². The summed E-state index contributed by atoms with van der Waals surface area (Å²) in [6, 6.07) is 9.31. The van der Waals surface area contributed by atoms with Crippen LogP contribution in [0, 0.1) is 0 Å². The summed E-state index contributed by atoms with van der Waals surface area (Å²) in [5.74, 6) is 1.86. The lowest BCUT2D eigenvalue weighted by molar-refractivity contribution is 0.0927. The second-order valence-corrected chi connectivity index (χ2v) is 6.95. The highest BCUT2D eigenvalue weighted by atomic mass is 16.6. The van der Waals surface area contributed by atoms with Crippen LogP contribution in [0.25, 0.3) is 0 Å². The molecule has 27 heavy (non-hydrogen) atoms. The summed E-state index contributed by atoms with van der Waals surface area (Å²) in [5, 5.41) is 14.5. The fraction of sp³-hybridized carbons (Fsp3) is 0.450. The van der Waals surface area contributed by atoms with Crippen LogP contribution < -0.4 is 20.1 Å². The zero-order valence-electron chi connectivity index (χ0n) is 15.2. The lowest BCUT2D eigenvalue weighted by Gasteiger charge is -2.19. The fourth-order valence-electron chi connectivity index (χ4n) is 3.47. The van der Waals surface area contributed by atoms with Crippen LogP contribution in [0.1, 0.15) is 49.0 Å². The summed E-state index contributed by atoms with van der Waals surface area (Å²) in [4.78, 5) is 12.4. The molecule has 1 amide bonds. The summed E-state index contributed by atoms with van der Waals surface area (Å²) in [6.07, 6.45) is 6.95. The maximum Gasteiger partial charge on any atom is 0.272 e. The summed E-state index contributed by atoms with van der Waals surface area (Å²) in [6.45, 7) is 1.11. The Labute approximate surface area is 158 Å². The molecule has 1 fully saturated rings. The highest BCUT2D eigenvalue weighted by molar-refractivity contribution is 5.92. The molecule has 1 aromatic carbocycles. The number of nitrogens with one attached hydrogen (secondary N) is 2. The third-order valence-corrected chi connectivity index (χ3v) is 4.90. The van der Waals surface area contributed by atoms with Gasteiger partial charge in [-0.15, -0.1) is 10.2 Å². The smallest absolute Gasteiger partial charge is 0.272 e. The van der Waals surface area contributed by atoms with Crippen molar-refractivity contribution in [2.24, 2.45) is 0 Å². The largest absolute Gasteiger partial charge is 0.486 e. The van der Waals surface area contributed by atoms with Gasteiger partial charge in [0.2, 0.25) is 0 Å². The summed E-state index contributed by atoms with van der Waals surface area (Å²) < 4.78 is 11.1. The topological polar surface area (TPSA) is 85.4 Å². The number of benzene rings is 1. The van der Waals surface area contributed by atoms with Crippen LogP contribution in [0.4, 0.5) is 11.5 Å². The molecule has 0 bridgehead atoms. The van der Waals surface area contributed by atoms with Gasteiger partial charge in [-0.3, -0.25) is 4.79 Å². The lowest BCUT2D eigenvalue weighted by atomic mass is 10.1. The van der Waals surface area contributed by atoms with E-state index >= 15 is 0 Å². The van der Waals surface area contributed by atoms with Crippen molar-refractivity contribution in [3.8, 4) is 11.5 Å². The monoisotopic (exact) mass is 368 g/mol. The maximum atomic E-state index is 12.4. The average molecular weight is 368 g/mol. The van der Waals surface area contributed by atoms with Gasteiger partial charge in [0, 0.05) is 17.8 Å². The van der Waals surface area contributed by atoms with Gasteiger partial charge in [0.05, 0.1) is 0 Å². The first-order chi connectivity index (χ1) is 13.3. The molecular formula is C20H24N4O3. The predicted molar refractivity (Wildman–Crippen MR) is 102 cm³/mol. The number of ether oxygens (including phenoxy) is 2. The van der Waals surface area contributed by atoms with Crippen molar-refractivity contribution in [2.45, 2.75) is 44.6 Å². The van der Waals surface area contributed by atoms with Gasteiger partial charge < -0.3 is 20.1 Å². The Morgan fingerprint density at radius 1 is 0.926 bits per heavy atom. The van der Waals surface area contributed by atoms with Gasteiger partial charge in [0.25, 0.3) is 5.91 Å². The fourth-order valence-corrected chi connectivity index (χ4v) is 3.47. The molecule has 2 aromatic rings. The van der Waals surface area contributed by atoms with Crippen LogP contribution in [0.3, 0.4) is 0 Å². The lowest BCUT2D eigenvalue weighted by Crippen LogP contribution is -2.35. The Morgan fingerprint density at radius 2 is 1.70 bits per heavy atom. The van der Waals surface area contributed by atoms with E-state index in [1.165, 1.54) is 25.7 Å². The quantitative estimate of drug-likeness (QED) is 0.804. The van der Waals surface area contributed by atoms with Crippen LogP contribution in [0.15, 0.2) is 30.3 Å². The second-order valence-electron chi connectivity index (χ2n) is 6.95. The van der Waals surface area contributed by atoms with E-state index < -0.39 is 0 Å². The molecule has 142 valence electrons. The van der Waals surface area contributed by atoms with Crippen molar-refractivity contribution in [3.63, 3.8) is 0 Å². The molecule has 2 aliphatic rings. The third kappa shape index (κ3) is 4.48. The minimum Gasteiger partial charge on any atom is -0.486 e. The van der Waals surface area contributed by atoms with Crippen LogP contribution in [-0.4, -0.2) is 35.4 Å². The Hall–Kier alpha value is -2.83. The summed E-state index contributed by atoms with van der Waals surface area (Å²) in [7, 11) is 0. The maximum absolute atomic E-state index is 12.4. The standard InChI is InChI=1S/C20H24N4O3/c25-20(22-14-5-3-1-2-4-6-14)16-8-10-19(24-23-16)21-15-7-9-17-18(13-15)27-12-11-26-17/h7-10,13-14H,1-6,11-12H2,(H,21,24)(H,22,25). The van der Waals surface area contributed by atoms with Crippen molar-refractivity contribution in [2.75, 3.05) is 18.5 Å². The van der Waals surface area contributed by atoms with Gasteiger partial charge in [-0.2, -0.15) is 0 Å². The minimum absolute atomic E-state index is 0.153. The number of anilines is 2. The molecule has 0 unspecified atom stereocenters. The molecule has 0 spiro atoms. The Kier molecular flexibility index (Phi) is 5.37. The predicted octanol–water partition coefficient (Wildman–Crippen LogP) is 3.44. The van der Waals surface area contributed by atoms with Gasteiger partial charge >= 0.3 is 0 Å². The summed E-state index contributed by atoms with van der Waals surface area (Å²) in [5.41, 5.74) is 1.16. The van der Waals surface area contributed by atoms with E-state index in [0.717, 1.165) is 24.3 Å². The van der Waals surface area contributed by atoms with Gasteiger partial charge in [-0.25, -0.2) is 0 Å². The molecule has 1 aliphatic carbocycles. The van der Waals surface area contributed by atoms with E-state index in [2.05, 4.69) is 20.8 Å². The van der Waals surface area contributed by atoms with Gasteiger partial charge in [0.1, 0.15) is 13.2 Å². The number of rotatable bonds is 4. The van der Waals surface area contributed by atoms with E-state index in [1.807, 2.05) is 18.2 Å². The molecular weight excluding hydrogens is 344 g/mol. The van der Waals surface area contributed by atoms with Crippen molar-refractivity contribution < 1.29 is 14.3 Å². The van der Waals surface area contributed by atoms with Crippen molar-refractivity contribution in [3.05, 3.63) is 36.0 Å². The Bertz CT molecular complexity index is 786. The Morgan fingerprint density at radius 3 is 2.44 bits per heavy atom. The number of carbonyl (C=O) groups is 1. The van der Waals surface area contributed by atoms with Gasteiger partial charge in [-0.1, -0.05) is 25.7 Å². The second kappa shape index (κ2) is 8.24. The van der Waals surface area contributed by atoms with E-state index in [0.29, 0.717) is 30.5 Å². The highest BCUT2D eigenvalue weighted by Gasteiger charge is 2.17. The van der Waals surface area contributed by atoms with E-state index in [-0.39, 0.29) is 11.9 Å². The van der Waals surface area contributed by atoms with Crippen LogP contribution in [-0.2, 0) is 0 Å². The van der Waals surface area contributed by atoms with Gasteiger partial charge in [0.15, 0.2) is 23.0 Å². The molecule has 7 nitrogen and oxygen atoms in total. The molecule has 2 heterocycles. The molecule has 7 heteroatoms. The number of fused-ring (bicyclic) bond motifs is 1. The zero-order valence-corrected chi connectivity index (χ0v) is 15.2. The molecule has 1 aromatic heterocycles.